The molecule has 0 bridgehead atoms. The first-order valence-corrected chi connectivity index (χ1v) is 11.9. The minimum atomic E-state index is -0.713. The monoisotopic (exact) mass is 414 g/mol. The number of aliphatic hydroxyl groups is 1. The van der Waals surface area contributed by atoms with Crippen LogP contribution in [0.15, 0.2) is 24.3 Å². The van der Waals surface area contributed by atoms with Crippen molar-refractivity contribution in [3.8, 4) is 5.75 Å². The van der Waals surface area contributed by atoms with Crippen LogP contribution < -0.4 is 15.4 Å². The topological polar surface area (TPSA) is 70.6 Å². The fraction of sp³-hybridized carbons (Fsp3) is 0.720. The van der Waals surface area contributed by atoms with E-state index in [2.05, 4.69) is 17.6 Å². The molecule has 1 saturated heterocycles. The fourth-order valence-electron chi connectivity index (χ4n) is 6.64. The molecule has 5 heteroatoms. The van der Waals surface area contributed by atoms with Crippen molar-refractivity contribution < 1.29 is 14.6 Å². The van der Waals surface area contributed by atoms with E-state index in [1.807, 2.05) is 24.3 Å². The van der Waals surface area contributed by atoms with Crippen molar-refractivity contribution in [2.75, 3.05) is 13.7 Å². The highest BCUT2D eigenvalue weighted by molar-refractivity contribution is 5.82. The van der Waals surface area contributed by atoms with Crippen LogP contribution in [0.2, 0.25) is 0 Å². The molecule has 2 aliphatic carbocycles. The second-order valence-corrected chi connectivity index (χ2v) is 9.76. The van der Waals surface area contributed by atoms with Gasteiger partial charge in [0, 0.05) is 12.1 Å². The maximum atomic E-state index is 13.1. The molecule has 166 valence electrons. The molecule has 5 unspecified atom stereocenters. The van der Waals surface area contributed by atoms with E-state index in [1.54, 1.807) is 7.11 Å². The minimum absolute atomic E-state index is 0.0411. The summed E-state index contributed by atoms with van der Waals surface area (Å²) < 4.78 is 5.17. The molecule has 2 saturated carbocycles. The molecule has 3 fully saturated rings. The van der Waals surface area contributed by atoms with Gasteiger partial charge in [0.15, 0.2) is 0 Å². The fourth-order valence-corrected chi connectivity index (χ4v) is 6.64. The molecule has 5 atom stereocenters. The van der Waals surface area contributed by atoms with Gasteiger partial charge in [-0.3, -0.25) is 10.1 Å². The molecule has 1 aromatic carbocycles. The standard InChI is InChI=1S/C25H38N2O3/c1-17-7-6-10-20-15-22(27-25(17,20)19-8-4-3-5-9-19)24(29)26-16-23(28)18-11-13-21(30-2)14-12-18/h11-14,17,19-20,22-23,27-28H,3-10,15-16H2,1-2H3,(H,26,29). The van der Waals surface area contributed by atoms with Crippen molar-refractivity contribution in [2.24, 2.45) is 17.8 Å². The highest BCUT2D eigenvalue weighted by Gasteiger charge is 2.56. The Balaban J connectivity index is 1.39. The Labute approximate surface area is 181 Å². The van der Waals surface area contributed by atoms with E-state index in [9.17, 15) is 9.90 Å². The van der Waals surface area contributed by atoms with Crippen molar-refractivity contribution in [3.63, 3.8) is 0 Å². The first-order chi connectivity index (χ1) is 14.5. The van der Waals surface area contributed by atoms with Gasteiger partial charge in [0.2, 0.25) is 5.91 Å². The summed E-state index contributed by atoms with van der Waals surface area (Å²) in [6, 6.07) is 7.22. The second kappa shape index (κ2) is 9.27. The summed E-state index contributed by atoms with van der Waals surface area (Å²) in [5.74, 6) is 2.73. The summed E-state index contributed by atoms with van der Waals surface area (Å²) in [7, 11) is 1.62. The molecule has 1 heterocycles. The number of amides is 1. The Morgan fingerprint density at radius 2 is 1.83 bits per heavy atom. The van der Waals surface area contributed by atoms with Gasteiger partial charge in [0.05, 0.1) is 19.3 Å². The number of nitrogens with one attached hydrogen (secondary N) is 2. The number of hydrogen-bond acceptors (Lipinski definition) is 4. The van der Waals surface area contributed by atoms with Crippen LogP contribution in [-0.2, 0) is 4.79 Å². The molecule has 1 amide bonds. The summed E-state index contributed by atoms with van der Waals surface area (Å²) in [5, 5.41) is 17.4. The largest absolute Gasteiger partial charge is 0.497 e. The third-order valence-electron chi connectivity index (χ3n) is 8.19. The van der Waals surface area contributed by atoms with E-state index in [0.717, 1.165) is 17.7 Å². The summed E-state index contributed by atoms with van der Waals surface area (Å²) in [6.07, 6.45) is 10.6. The summed E-state index contributed by atoms with van der Waals surface area (Å²) in [6.45, 7) is 2.64. The van der Waals surface area contributed by atoms with Gasteiger partial charge in [0.25, 0.3) is 0 Å². The number of hydrogen-bond donors (Lipinski definition) is 3. The van der Waals surface area contributed by atoms with Gasteiger partial charge in [0.1, 0.15) is 5.75 Å². The zero-order valence-corrected chi connectivity index (χ0v) is 18.5. The Kier molecular flexibility index (Phi) is 6.69. The number of fused-ring (bicyclic) bond motifs is 1. The number of rotatable bonds is 6. The van der Waals surface area contributed by atoms with Gasteiger partial charge in [-0.05, 0) is 67.6 Å². The van der Waals surface area contributed by atoms with E-state index in [0.29, 0.717) is 17.8 Å². The van der Waals surface area contributed by atoms with E-state index in [4.69, 9.17) is 4.74 Å². The van der Waals surface area contributed by atoms with Gasteiger partial charge in [-0.15, -0.1) is 0 Å². The number of methoxy groups -OCH3 is 1. The Hall–Kier alpha value is -1.59. The van der Waals surface area contributed by atoms with Crippen LogP contribution in [-0.4, -0.2) is 36.2 Å². The van der Waals surface area contributed by atoms with Crippen LogP contribution in [0.4, 0.5) is 0 Å². The lowest BCUT2D eigenvalue weighted by Gasteiger charge is -2.51. The van der Waals surface area contributed by atoms with Crippen molar-refractivity contribution in [1.29, 1.82) is 0 Å². The minimum Gasteiger partial charge on any atom is -0.497 e. The molecule has 0 aromatic heterocycles. The zero-order valence-electron chi connectivity index (χ0n) is 18.5. The zero-order chi connectivity index (χ0) is 21.1. The SMILES string of the molecule is COc1ccc(C(O)CNC(=O)C2CC3CCCC(C)C3(C3CCCCC3)N2)cc1. The lowest BCUT2D eigenvalue weighted by Crippen LogP contribution is -2.60. The third-order valence-corrected chi connectivity index (χ3v) is 8.19. The van der Waals surface area contributed by atoms with Crippen molar-refractivity contribution in [3.05, 3.63) is 29.8 Å². The summed E-state index contributed by atoms with van der Waals surface area (Å²) in [4.78, 5) is 13.1. The normalized spacial score (nSPS) is 33.0. The van der Waals surface area contributed by atoms with Gasteiger partial charge in [-0.2, -0.15) is 0 Å². The molecule has 3 aliphatic rings. The molecule has 4 rings (SSSR count). The molecule has 0 radical (unpaired) electrons. The van der Waals surface area contributed by atoms with Gasteiger partial charge in [-0.1, -0.05) is 44.7 Å². The molecule has 3 N–H and O–H groups in total. The van der Waals surface area contributed by atoms with Crippen LogP contribution in [0.3, 0.4) is 0 Å². The molecule has 1 aliphatic heterocycles. The first kappa shape index (κ1) is 21.6. The third kappa shape index (κ3) is 4.11. The van der Waals surface area contributed by atoms with Crippen LogP contribution >= 0.6 is 0 Å². The van der Waals surface area contributed by atoms with Gasteiger partial charge >= 0.3 is 0 Å². The van der Waals surface area contributed by atoms with Crippen molar-refractivity contribution in [2.45, 2.75) is 82.4 Å². The average Bonchev–Trinajstić information content (AvgIpc) is 3.20. The Bertz CT molecular complexity index is 716. The van der Waals surface area contributed by atoms with Crippen LogP contribution in [0.1, 0.15) is 76.4 Å². The smallest absolute Gasteiger partial charge is 0.237 e. The maximum Gasteiger partial charge on any atom is 0.237 e. The molecule has 1 aromatic rings. The average molecular weight is 415 g/mol. The predicted molar refractivity (Wildman–Crippen MR) is 118 cm³/mol. The molecule has 30 heavy (non-hydrogen) atoms. The number of benzene rings is 1. The summed E-state index contributed by atoms with van der Waals surface area (Å²) >= 11 is 0. The van der Waals surface area contributed by atoms with Crippen LogP contribution in [0.25, 0.3) is 0 Å². The van der Waals surface area contributed by atoms with Crippen LogP contribution in [0.5, 0.6) is 5.75 Å². The Morgan fingerprint density at radius 1 is 1.13 bits per heavy atom. The number of aliphatic hydroxyl groups excluding tert-OH is 1. The molecular weight excluding hydrogens is 376 g/mol. The molecule has 0 spiro atoms. The van der Waals surface area contributed by atoms with E-state index >= 15 is 0 Å². The van der Waals surface area contributed by atoms with Crippen molar-refractivity contribution in [1.82, 2.24) is 10.6 Å². The lowest BCUT2D eigenvalue weighted by molar-refractivity contribution is -0.123. The highest BCUT2D eigenvalue weighted by Crippen LogP contribution is 2.52. The maximum absolute atomic E-state index is 13.1. The van der Waals surface area contributed by atoms with E-state index in [-0.39, 0.29) is 24.0 Å². The lowest BCUT2D eigenvalue weighted by atomic mass is 9.59. The number of carbonyl (C=O) groups is 1. The van der Waals surface area contributed by atoms with Crippen LogP contribution in [0, 0.1) is 17.8 Å². The molecular formula is C25H38N2O3. The summed E-state index contributed by atoms with van der Waals surface area (Å²) in [5.41, 5.74) is 0.923. The second-order valence-electron chi connectivity index (χ2n) is 9.76. The molecule has 5 nitrogen and oxygen atoms in total. The van der Waals surface area contributed by atoms with E-state index < -0.39 is 6.10 Å². The first-order valence-electron chi connectivity index (χ1n) is 11.9. The predicted octanol–water partition coefficient (Wildman–Crippen LogP) is 3.96. The highest BCUT2D eigenvalue weighted by atomic mass is 16.5. The van der Waals surface area contributed by atoms with Gasteiger partial charge in [-0.25, -0.2) is 0 Å². The van der Waals surface area contributed by atoms with Crippen molar-refractivity contribution >= 4 is 5.91 Å². The number of ether oxygens (including phenoxy) is 1. The quantitative estimate of drug-likeness (QED) is 0.659. The number of carbonyl (C=O) groups excluding carboxylic acids is 1. The van der Waals surface area contributed by atoms with E-state index in [1.165, 1.54) is 51.4 Å². The van der Waals surface area contributed by atoms with Gasteiger partial charge < -0.3 is 15.2 Å². The Morgan fingerprint density at radius 3 is 2.53 bits per heavy atom.